The molecule has 0 radical (unpaired) electrons. The molecule has 0 aliphatic carbocycles. The van der Waals surface area contributed by atoms with Crippen molar-refractivity contribution in [2.24, 2.45) is 0 Å². The molecule has 0 N–H and O–H groups in total. The minimum atomic E-state index is -0.378. The molecule has 1 aliphatic heterocycles. The topological polar surface area (TPSA) is 73.8 Å². The third kappa shape index (κ3) is 3.46. The first kappa shape index (κ1) is 17.3. The molecular weight excluding hydrogens is 354 g/mol. The van der Waals surface area contributed by atoms with Crippen molar-refractivity contribution in [3.8, 4) is 0 Å². The van der Waals surface area contributed by atoms with Gasteiger partial charge < -0.3 is 19.1 Å². The Balaban J connectivity index is 1.99. The van der Waals surface area contributed by atoms with Crippen LogP contribution in [-0.4, -0.2) is 62.6 Å². The monoisotopic (exact) mass is 371 g/mol. The van der Waals surface area contributed by atoms with E-state index in [1.807, 2.05) is 6.92 Å². The van der Waals surface area contributed by atoms with Crippen molar-refractivity contribution < 1.29 is 19.0 Å². The molecule has 0 atom stereocenters. The summed E-state index contributed by atoms with van der Waals surface area (Å²) in [4.78, 5) is 24.3. The Hall–Kier alpha value is -1.48. The van der Waals surface area contributed by atoms with Crippen molar-refractivity contribution >= 4 is 44.9 Å². The Morgan fingerprint density at radius 1 is 1.33 bits per heavy atom. The maximum atomic E-state index is 12.3. The van der Waals surface area contributed by atoms with Crippen LogP contribution in [0.15, 0.2) is 0 Å². The second kappa shape index (κ2) is 7.60. The zero-order valence-corrected chi connectivity index (χ0v) is 15.1. The summed E-state index contributed by atoms with van der Waals surface area (Å²) >= 11 is 7.35. The van der Waals surface area contributed by atoms with Gasteiger partial charge in [-0.2, -0.15) is 4.98 Å². The van der Waals surface area contributed by atoms with Gasteiger partial charge in [0, 0.05) is 20.2 Å². The minimum Gasteiger partial charge on any atom is -0.459 e. The van der Waals surface area contributed by atoms with Crippen molar-refractivity contribution in [3.05, 3.63) is 15.7 Å². The molecule has 130 valence electrons. The van der Waals surface area contributed by atoms with Gasteiger partial charge in [0.05, 0.1) is 25.2 Å². The lowest BCUT2D eigenvalue weighted by molar-refractivity contribution is 0.0393. The fourth-order valence-electron chi connectivity index (χ4n) is 2.57. The molecule has 3 heterocycles. The minimum absolute atomic E-state index is 0.171. The van der Waals surface area contributed by atoms with Crippen LogP contribution >= 0.6 is 22.9 Å². The lowest BCUT2D eigenvalue weighted by atomic mass is 10.2. The molecule has 9 heteroatoms. The standard InChI is InChI=1S/C15H18ClN3O4S/c1-9-10-12(19-3-5-22-6-4-19)17-15(16)18-13(10)24-11(9)14(20)23-8-7-21-2/h3-8H2,1-2H3. The van der Waals surface area contributed by atoms with Crippen molar-refractivity contribution in [2.75, 3.05) is 51.5 Å². The zero-order chi connectivity index (χ0) is 17.1. The van der Waals surface area contributed by atoms with E-state index in [1.165, 1.54) is 11.3 Å². The third-order valence-corrected chi connectivity index (χ3v) is 5.10. The predicted molar refractivity (Wildman–Crippen MR) is 92.4 cm³/mol. The number of carbonyl (C=O) groups excluding carboxylic acids is 1. The SMILES string of the molecule is COCCOC(=O)c1sc2nc(Cl)nc(N3CCOCC3)c2c1C. The van der Waals surface area contributed by atoms with E-state index in [4.69, 9.17) is 25.8 Å². The van der Waals surface area contributed by atoms with Crippen molar-refractivity contribution in [1.29, 1.82) is 0 Å². The van der Waals surface area contributed by atoms with Gasteiger partial charge in [-0.25, -0.2) is 9.78 Å². The van der Waals surface area contributed by atoms with E-state index in [0.717, 1.165) is 29.9 Å². The van der Waals surface area contributed by atoms with Gasteiger partial charge in [-0.15, -0.1) is 11.3 Å². The Morgan fingerprint density at radius 3 is 2.79 bits per heavy atom. The molecule has 1 aliphatic rings. The first-order chi connectivity index (χ1) is 11.6. The number of rotatable bonds is 5. The summed E-state index contributed by atoms with van der Waals surface area (Å²) in [5.74, 6) is 0.370. The number of ether oxygens (including phenoxy) is 3. The van der Waals surface area contributed by atoms with Gasteiger partial charge in [0.25, 0.3) is 0 Å². The number of anilines is 1. The summed E-state index contributed by atoms with van der Waals surface area (Å²) in [5, 5.41) is 1.02. The summed E-state index contributed by atoms with van der Waals surface area (Å²) < 4.78 is 15.5. The number of esters is 1. The lowest BCUT2D eigenvalue weighted by Crippen LogP contribution is -2.37. The highest BCUT2D eigenvalue weighted by molar-refractivity contribution is 7.20. The number of nitrogens with zero attached hydrogens (tertiary/aromatic N) is 3. The van der Waals surface area contributed by atoms with Gasteiger partial charge in [0.1, 0.15) is 22.1 Å². The summed E-state index contributed by atoms with van der Waals surface area (Å²) in [5.41, 5.74) is 0.815. The van der Waals surface area contributed by atoms with Gasteiger partial charge >= 0.3 is 5.97 Å². The van der Waals surface area contributed by atoms with Crippen LogP contribution in [0.2, 0.25) is 5.28 Å². The molecule has 0 saturated carbocycles. The van der Waals surface area contributed by atoms with Crippen LogP contribution in [0.4, 0.5) is 5.82 Å². The second-order valence-electron chi connectivity index (χ2n) is 5.28. The first-order valence-electron chi connectivity index (χ1n) is 7.57. The van der Waals surface area contributed by atoms with E-state index in [1.54, 1.807) is 7.11 Å². The number of hydrogen-bond donors (Lipinski definition) is 0. The van der Waals surface area contributed by atoms with Crippen LogP contribution in [-0.2, 0) is 14.2 Å². The van der Waals surface area contributed by atoms with Crippen molar-refractivity contribution in [3.63, 3.8) is 0 Å². The molecule has 7 nitrogen and oxygen atoms in total. The molecular formula is C15H18ClN3O4S. The van der Waals surface area contributed by atoms with E-state index in [9.17, 15) is 4.79 Å². The summed E-state index contributed by atoms with van der Waals surface area (Å²) in [7, 11) is 1.56. The molecule has 24 heavy (non-hydrogen) atoms. The maximum absolute atomic E-state index is 12.3. The average Bonchev–Trinajstić information content (AvgIpc) is 2.92. The highest BCUT2D eigenvalue weighted by Gasteiger charge is 2.24. The number of halogens is 1. The van der Waals surface area contributed by atoms with Crippen LogP contribution in [0.1, 0.15) is 15.2 Å². The van der Waals surface area contributed by atoms with E-state index in [2.05, 4.69) is 14.9 Å². The van der Waals surface area contributed by atoms with Gasteiger partial charge in [0.15, 0.2) is 0 Å². The highest BCUT2D eigenvalue weighted by atomic mass is 35.5. The molecule has 1 saturated heterocycles. The Kier molecular flexibility index (Phi) is 5.50. The Bertz CT molecular complexity index is 746. The van der Waals surface area contributed by atoms with Gasteiger partial charge in [-0.1, -0.05) is 0 Å². The van der Waals surface area contributed by atoms with Crippen molar-refractivity contribution in [1.82, 2.24) is 9.97 Å². The number of carbonyl (C=O) groups is 1. The van der Waals surface area contributed by atoms with E-state index >= 15 is 0 Å². The average molecular weight is 372 g/mol. The maximum Gasteiger partial charge on any atom is 0.348 e. The fraction of sp³-hybridized carbons (Fsp3) is 0.533. The third-order valence-electron chi connectivity index (χ3n) is 3.76. The van der Waals surface area contributed by atoms with E-state index in [-0.39, 0.29) is 17.9 Å². The number of methoxy groups -OCH3 is 1. The number of thiophene rings is 1. The highest BCUT2D eigenvalue weighted by Crippen LogP contribution is 2.36. The van der Waals surface area contributed by atoms with Crippen LogP contribution in [0.25, 0.3) is 10.2 Å². The summed E-state index contributed by atoms with van der Waals surface area (Å²) in [6, 6.07) is 0. The van der Waals surface area contributed by atoms with Crippen LogP contribution in [0.3, 0.4) is 0 Å². The quantitative estimate of drug-likeness (QED) is 0.453. The first-order valence-corrected chi connectivity index (χ1v) is 8.76. The van der Waals surface area contributed by atoms with Crippen molar-refractivity contribution in [2.45, 2.75) is 6.92 Å². The van der Waals surface area contributed by atoms with E-state index in [0.29, 0.717) is 29.5 Å². The number of hydrogen-bond acceptors (Lipinski definition) is 8. The van der Waals surface area contributed by atoms with E-state index < -0.39 is 0 Å². The Labute approximate surface area is 148 Å². The summed E-state index contributed by atoms with van der Waals surface area (Å²) in [6.45, 7) is 5.19. The molecule has 2 aromatic heterocycles. The number of aryl methyl sites for hydroxylation is 1. The molecule has 1 fully saturated rings. The molecule has 0 aromatic carbocycles. The molecule has 0 bridgehead atoms. The van der Waals surface area contributed by atoms with Crippen LogP contribution in [0.5, 0.6) is 0 Å². The Morgan fingerprint density at radius 2 is 2.08 bits per heavy atom. The predicted octanol–water partition coefficient (Wildman–Crippen LogP) is 2.29. The summed E-state index contributed by atoms with van der Waals surface area (Å²) in [6.07, 6.45) is 0. The van der Waals surface area contributed by atoms with Crippen LogP contribution < -0.4 is 4.90 Å². The van der Waals surface area contributed by atoms with Gasteiger partial charge in [-0.05, 0) is 24.1 Å². The number of aromatic nitrogens is 2. The fourth-order valence-corrected chi connectivity index (χ4v) is 3.86. The molecule has 2 aromatic rings. The molecule has 0 amide bonds. The van der Waals surface area contributed by atoms with Gasteiger partial charge in [-0.3, -0.25) is 0 Å². The number of fused-ring (bicyclic) bond motifs is 1. The van der Waals surface area contributed by atoms with Gasteiger partial charge in [0.2, 0.25) is 5.28 Å². The molecule has 0 spiro atoms. The zero-order valence-electron chi connectivity index (χ0n) is 13.5. The molecule has 3 rings (SSSR count). The normalized spacial score (nSPS) is 15.0. The number of morpholine rings is 1. The second-order valence-corrected chi connectivity index (χ2v) is 6.62. The smallest absolute Gasteiger partial charge is 0.348 e. The largest absolute Gasteiger partial charge is 0.459 e. The van der Waals surface area contributed by atoms with Crippen LogP contribution in [0, 0.1) is 6.92 Å². The molecule has 0 unspecified atom stereocenters. The lowest BCUT2D eigenvalue weighted by Gasteiger charge is -2.28.